The van der Waals surface area contributed by atoms with Crippen LogP contribution in [0.2, 0.25) is 0 Å². The maximum atomic E-state index is 10.6. The third-order valence-corrected chi connectivity index (χ3v) is 1.78. The molecule has 68 valence electrons. The van der Waals surface area contributed by atoms with Gasteiger partial charge in [0, 0.05) is 18.0 Å². The quantitative estimate of drug-likeness (QED) is 0.682. The summed E-state index contributed by atoms with van der Waals surface area (Å²) in [6.45, 7) is 1.48. The molecular weight excluding hydrogens is 168 g/mol. The van der Waals surface area contributed by atoms with Crippen molar-refractivity contribution < 1.29 is 9.90 Å². The number of carboxylic acids is 1. The largest absolute Gasteiger partial charge is 0.481 e. The van der Waals surface area contributed by atoms with Gasteiger partial charge in [0.05, 0.1) is 11.6 Å². The fourth-order valence-electron chi connectivity index (χ4n) is 0.896. The number of hydrogen-bond acceptors (Lipinski definition) is 3. The van der Waals surface area contributed by atoms with Crippen LogP contribution in [-0.4, -0.2) is 21.8 Å². The standard InChI is InChI=1S/C9H10N2O2/c1-6(9(12)13)8(10)7-3-2-4-11-5-7/h2-6,10H,1H3,(H,12,13). The lowest BCUT2D eigenvalue weighted by atomic mass is 10.0. The van der Waals surface area contributed by atoms with E-state index in [9.17, 15) is 4.79 Å². The number of rotatable bonds is 3. The van der Waals surface area contributed by atoms with Crippen LogP contribution in [0.25, 0.3) is 0 Å². The summed E-state index contributed by atoms with van der Waals surface area (Å²) in [6, 6.07) is 3.35. The highest BCUT2D eigenvalue weighted by atomic mass is 16.4. The number of nitrogens with zero attached hydrogens (tertiary/aromatic N) is 1. The number of carboxylic acid groups (broad SMARTS) is 1. The minimum atomic E-state index is -0.992. The number of aliphatic carboxylic acids is 1. The van der Waals surface area contributed by atoms with Crippen molar-refractivity contribution in [3.05, 3.63) is 30.1 Å². The molecule has 13 heavy (non-hydrogen) atoms. The van der Waals surface area contributed by atoms with Gasteiger partial charge < -0.3 is 10.5 Å². The summed E-state index contributed by atoms with van der Waals surface area (Å²) in [7, 11) is 0. The summed E-state index contributed by atoms with van der Waals surface area (Å²) in [5.74, 6) is -1.78. The topological polar surface area (TPSA) is 74.0 Å². The van der Waals surface area contributed by atoms with E-state index in [2.05, 4.69) is 4.98 Å². The molecule has 1 heterocycles. The molecule has 1 aromatic rings. The van der Waals surface area contributed by atoms with Crippen molar-refractivity contribution in [2.45, 2.75) is 6.92 Å². The molecule has 1 unspecified atom stereocenters. The molecule has 1 aromatic heterocycles. The first-order valence-corrected chi connectivity index (χ1v) is 3.84. The first kappa shape index (κ1) is 9.38. The van der Waals surface area contributed by atoms with Crippen LogP contribution in [0.3, 0.4) is 0 Å². The minimum Gasteiger partial charge on any atom is -0.481 e. The lowest BCUT2D eigenvalue weighted by Crippen LogP contribution is -2.20. The highest BCUT2D eigenvalue weighted by molar-refractivity contribution is 6.09. The number of nitrogens with one attached hydrogen (secondary N) is 1. The fourth-order valence-corrected chi connectivity index (χ4v) is 0.896. The molecule has 0 saturated heterocycles. The Labute approximate surface area is 75.8 Å². The average Bonchev–Trinajstić information content (AvgIpc) is 2.17. The van der Waals surface area contributed by atoms with Crippen molar-refractivity contribution >= 4 is 11.7 Å². The molecule has 0 aliphatic carbocycles. The van der Waals surface area contributed by atoms with Crippen molar-refractivity contribution in [3.63, 3.8) is 0 Å². The van der Waals surface area contributed by atoms with Crippen molar-refractivity contribution in [1.82, 2.24) is 4.98 Å². The molecule has 4 heteroatoms. The number of pyridine rings is 1. The third kappa shape index (κ3) is 2.11. The molecule has 0 fully saturated rings. The molecule has 0 bridgehead atoms. The second-order valence-corrected chi connectivity index (χ2v) is 2.72. The maximum Gasteiger partial charge on any atom is 0.312 e. The number of carbonyl (C=O) groups is 1. The van der Waals surface area contributed by atoms with Gasteiger partial charge in [0.1, 0.15) is 0 Å². The van der Waals surface area contributed by atoms with Gasteiger partial charge in [-0.2, -0.15) is 0 Å². The lowest BCUT2D eigenvalue weighted by Gasteiger charge is -2.07. The Morgan fingerprint density at radius 1 is 1.69 bits per heavy atom. The number of hydrogen-bond donors (Lipinski definition) is 2. The van der Waals surface area contributed by atoms with E-state index < -0.39 is 11.9 Å². The van der Waals surface area contributed by atoms with E-state index in [1.807, 2.05) is 0 Å². The Balaban J connectivity index is 2.86. The first-order chi connectivity index (χ1) is 6.13. The molecule has 0 aliphatic heterocycles. The van der Waals surface area contributed by atoms with Crippen LogP contribution in [0.5, 0.6) is 0 Å². The minimum absolute atomic E-state index is 0.0839. The van der Waals surface area contributed by atoms with Gasteiger partial charge in [-0.1, -0.05) is 6.07 Å². The van der Waals surface area contributed by atoms with Gasteiger partial charge in [-0.25, -0.2) is 0 Å². The van der Waals surface area contributed by atoms with Gasteiger partial charge in [-0.3, -0.25) is 9.78 Å². The van der Waals surface area contributed by atoms with Gasteiger partial charge >= 0.3 is 5.97 Å². The van der Waals surface area contributed by atoms with Crippen LogP contribution >= 0.6 is 0 Å². The molecule has 1 rings (SSSR count). The monoisotopic (exact) mass is 178 g/mol. The highest BCUT2D eigenvalue weighted by Crippen LogP contribution is 2.06. The number of aromatic nitrogens is 1. The summed E-state index contributed by atoms with van der Waals surface area (Å²) in [4.78, 5) is 14.4. The van der Waals surface area contributed by atoms with E-state index in [0.29, 0.717) is 5.56 Å². The molecular formula is C9H10N2O2. The molecule has 1 atom stereocenters. The Morgan fingerprint density at radius 2 is 2.38 bits per heavy atom. The van der Waals surface area contributed by atoms with E-state index in [1.165, 1.54) is 13.1 Å². The van der Waals surface area contributed by atoms with Crippen molar-refractivity contribution in [2.75, 3.05) is 0 Å². The van der Waals surface area contributed by atoms with Crippen LogP contribution in [0.1, 0.15) is 12.5 Å². The maximum absolute atomic E-state index is 10.6. The Bertz CT molecular complexity index is 322. The summed E-state index contributed by atoms with van der Waals surface area (Å²) in [6.07, 6.45) is 3.07. The zero-order valence-electron chi connectivity index (χ0n) is 7.19. The summed E-state index contributed by atoms with van der Waals surface area (Å²) >= 11 is 0. The zero-order chi connectivity index (χ0) is 9.84. The van der Waals surface area contributed by atoms with Gasteiger partial charge in [0.15, 0.2) is 0 Å². The van der Waals surface area contributed by atoms with Crippen LogP contribution < -0.4 is 0 Å². The Morgan fingerprint density at radius 3 is 2.85 bits per heavy atom. The second kappa shape index (κ2) is 3.80. The highest BCUT2D eigenvalue weighted by Gasteiger charge is 2.17. The summed E-state index contributed by atoms with van der Waals surface area (Å²) in [5.41, 5.74) is 0.637. The predicted octanol–water partition coefficient (Wildman–Crippen LogP) is 1.17. The normalized spacial score (nSPS) is 12.1. The first-order valence-electron chi connectivity index (χ1n) is 3.84. The zero-order valence-corrected chi connectivity index (χ0v) is 7.19. The third-order valence-electron chi connectivity index (χ3n) is 1.78. The average molecular weight is 178 g/mol. The fraction of sp³-hybridized carbons (Fsp3) is 0.222. The van der Waals surface area contributed by atoms with Crippen molar-refractivity contribution in [2.24, 2.45) is 5.92 Å². The van der Waals surface area contributed by atoms with Crippen LogP contribution in [0.15, 0.2) is 24.5 Å². The predicted molar refractivity (Wildman–Crippen MR) is 47.9 cm³/mol. The van der Waals surface area contributed by atoms with Gasteiger partial charge in [0.2, 0.25) is 0 Å². The van der Waals surface area contributed by atoms with Crippen molar-refractivity contribution in [3.8, 4) is 0 Å². The molecule has 0 saturated carbocycles. The molecule has 0 aromatic carbocycles. The van der Waals surface area contributed by atoms with Gasteiger partial charge in [0.25, 0.3) is 0 Å². The van der Waals surface area contributed by atoms with Crippen LogP contribution in [-0.2, 0) is 4.79 Å². The SMILES string of the molecule is CC(C(=N)c1cccnc1)C(=O)O. The van der Waals surface area contributed by atoms with E-state index >= 15 is 0 Å². The van der Waals surface area contributed by atoms with E-state index in [0.717, 1.165) is 0 Å². The molecule has 4 nitrogen and oxygen atoms in total. The van der Waals surface area contributed by atoms with E-state index in [1.54, 1.807) is 18.3 Å². The second-order valence-electron chi connectivity index (χ2n) is 2.72. The molecule has 0 amide bonds. The summed E-state index contributed by atoms with van der Waals surface area (Å²) in [5, 5.41) is 16.2. The molecule has 0 radical (unpaired) electrons. The van der Waals surface area contributed by atoms with E-state index in [-0.39, 0.29) is 5.71 Å². The summed E-state index contributed by atoms with van der Waals surface area (Å²) < 4.78 is 0. The van der Waals surface area contributed by atoms with Crippen molar-refractivity contribution in [1.29, 1.82) is 5.41 Å². The van der Waals surface area contributed by atoms with Gasteiger partial charge in [-0.15, -0.1) is 0 Å². The Hall–Kier alpha value is -1.71. The van der Waals surface area contributed by atoms with E-state index in [4.69, 9.17) is 10.5 Å². The van der Waals surface area contributed by atoms with Gasteiger partial charge in [-0.05, 0) is 13.0 Å². The molecule has 0 spiro atoms. The Kier molecular flexibility index (Phi) is 2.74. The smallest absolute Gasteiger partial charge is 0.312 e. The van der Waals surface area contributed by atoms with Crippen LogP contribution in [0, 0.1) is 11.3 Å². The molecule has 2 N–H and O–H groups in total. The molecule has 0 aliphatic rings. The lowest BCUT2D eigenvalue weighted by molar-refractivity contribution is -0.138. The van der Waals surface area contributed by atoms with Crippen LogP contribution in [0.4, 0.5) is 0 Å².